The summed E-state index contributed by atoms with van der Waals surface area (Å²) in [5.41, 5.74) is -1.59. The molecule has 2 atom stereocenters. The van der Waals surface area contributed by atoms with Gasteiger partial charge in [-0.15, -0.1) is 23.2 Å². The Bertz CT molecular complexity index is 546. The molecule has 0 saturated heterocycles. The van der Waals surface area contributed by atoms with Crippen molar-refractivity contribution in [3.8, 4) is 0 Å². The molecular weight excluding hydrogens is 385 g/mol. The van der Waals surface area contributed by atoms with E-state index >= 15 is 0 Å². The van der Waals surface area contributed by atoms with Gasteiger partial charge in [-0.1, -0.05) is 46.4 Å². The Labute approximate surface area is 136 Å². The largest absolute Gasteiger partial charge is 0.478 e. The normalized spacial score (nSPS) is 36.1. The standard InChI is InChI=1S/C9H2Cl6O4/c10-3-4(11)8(13)2(6(18)19)1(5(16)17)7(3,12)9(8,14)15/h(H,16,17)(H,18,19). The zero-order chi connectivity index (χ0) is 15.0. The molecule has 0 spiro atoms. The van der Waals surface area contributed by atoms with E-state index in [2.05, 4.69) is 0 Å². The van der Waals surface area contributed by atoms with E-state index < -0.39 is 47.2 Å². The van der Waals surface area contributed by atoms with Crippen LogP contribution < -0.4 is 0 Å². The summed E-state index contributed by atoms with van der Waals surface area (Å²) in [5.74, 6) is -3.30. The lowest BCUT2D eigenvalue weighted by Gasteiger charge is -2.32. The van der Waals surface area contributed by atoms with E-state index in [1.54, 1.807) is 0 Å². The number of alkyl halides is 4. The van der Waals surface area contributed by atoms with Crippen LogP contribution in [-0.4, -0.2) is 36.2 Å². The first-order chi connectivity index (χ1) is 8.45. The molecule has 10 heteroatoms. The van der Waals surface area contributed by atoms with Crippen molar-refractivity contribution in [3.05, 3.63) is 21.2 Å². The maximum atomic E-state index is 11.3. The Morgan fingerprint density at radius 3 is 1.26 bits per heavy atom. The zero-order valence-electron chi connectivity index (χ0n) is 8.48. The third kappa shape index (κ3) is 1.40. The van der Waals surface area contributed by atoms with Gasteiger partial charge in [0.1, 0.15) is 9.75 Å². The number of allylic oxidation sites excluding steroid dienone is 2. The van der Waals surface area contributed by atoms with Crippen molar-refractivity contribution in [2.75, 3.05) is 0 Å². The molecule has 2 bridgehead atoms. The Balaban J connectivity index is 2.95. The zero-order valence-corrected chi connectivity index (χ0v) is 13.0. The highest BCUT2D eigenvalue weighted by atomic mass is 35.5. The lowest BCUT2D eigenvalue weighted by Crippen LogP contribution is -2.46. The third-order valence-electron chi connectivity index (χ3n) is 3.03. The Hall–Kier alpha value is 0.160. The Morgan fingerprint density at radius 1 is 0.789 bits per heavy atom. The van der Waals surface area contributed by atoms with Crippen molar-refractivity contribution >= 4 is 81.5 Å². The molecule has 104 valence electrons. The van der Waals surface area contributed by atoms with Crippen LogP contribution in [0.25, 0.3) is 0 Å². The van der Waals surface area contributed by atoms with Crippen LogP contribution in [0.15, 0.2) is 21.2 Å². The summed E-state index contributed by atoms with van der Waals surface area (Å²) in [6, 6.07) is 0. The maximum absolute atomic E-state index is 11.3. The topological polar surface area (TPSA) is 74.6 Å². The molecule has 2 aliphatic carbocycles. The number of fused-ring (bicyclic) bond motifs is 2. The summed E-state index contributed by atoms with van der Waals surface area (Å²) < 4.78 is -2.25. The molecule has 2 aliphatic rings. The van der Waals surface area contributed by atoms with E-state index in [1.807, 2.05) is 0 Å². The smallest absolute Gasteiger partial charge is 0.334 e. The fraction of sp³-hybridized carbons (Fsp3) is 0.333. The number of carboxylic acids is 2. The molecule has 2 rings (SSSR count). The molecule has 0 radical (unpaired) electrons. The molecule has 0 aromatic carbocycles. The van der Waals surface area contributed by atoms with Crippen molar-refractivity contribution in [3.63, 3.8) is 0 Å². The number of hydrogen-bond acceptors (Lipinski definition) is 2. The van der Waals surface area contributed by atoms with Gasteiger partial charge in [-0.3, -0.25) is 0 Å². The van der Waals surface area contributed by atoms with Gasteiger partial charge in [-0.2, -0.15) is 0 Å². The number of carboxylic acid groups (broad SMARTS) is 2. The van der Waals surface area contributed by atoms with Crippen LogP contribution in [0.5, 0.6) is 0 Å². The first-order valence-corrected chi connectivity index (χ1v) is 6.76. The summed E-state index contributed by atoms with van der Waals surface area (Å²) >= 11 is 35.9. The SMILES string of the molecule is O=C(O)C1=C(C(=O)O)C2(Cl)C(Cl)=C(Cl)C1(Cl)C2(Cl)Cl. The lowest BCUT2D eigenvalue weighted by atomic mass is 9.96. The third-order valence-corrected chi connectivity index (χ3v) is 7.11. The summed E-state index contributed by atoms with van der Waals surface area (Å²) in [4.78, 5) is 18.1. The fourth-order valence-electron chi connectivity index (χ4n) is 2.20. The minimum Gasteiger partial charge on any atom is -0.478 e. The minimum atomic E-state index is -2.25. The second kappa shape index (κ2) is 4.09. The average molecular weight is 387 g/mol. The Morgan fingerprint density at radius 2 is 1.05 bits per heavy atom. The van der Waals surface area contributed by atoms with Crippen LogP contribution in [-0.2, 0) is 9.59 Å². The predicted molar refractivity (Wildman–Crippen MR) is 72.6 cm³/mol. The van der Waals surface area contributed by atoms with Gasteiger partial charge in [0, 0.05) is 0 Å². The molecule has 4 nitrogen and oxygen atoms in total. The van der Waals surface area contributed by atoms with Crippen LogP contribution in [0, 0.1) is 0 Å². The van der Waals surface area contributed by atoms with Crippen LogP contribution in [0.4, 0.5) is 0 Å². The van der Waals surface area contributed by atoms with Gasteiger partial charge in [0.15, 0.2) is 4.33 Å². The van der Waals surface area contributed by atoms with E-state index in [4.69, 9.17) is 79.8 Å². The quantitative estimate of drug-likeness (QED) is 0.714. The van der Waals surface area contributed by atoms with Gasteiger partial charge in [0.25, 0.3) is 0 Å². The summed E-state index contributed by atoms with van der Waals surface area (Å²) in [6.07, 6.45) is 0. The molecule has 0 saturated carbocycles. The van der Waals surface area contributed by atoms with Gasteiger partial charge in [0.05, 0.1) is 21.2 Å². The van der Waals surface area contributed by atoms with Gasteiger partial charge in [-0.05, 0) is 0 Å². The second-order valence-corrected chi connectivity index (χ2v) is 7.10. The summed E-state index contributed by atoms with van der Waals surface area (Å²) in [5, 5.41) is 17.5. The molecule has 0 aromatic rings. The van der Waals surface area contributed by atoms with Crippen molar-refractivity contribution in [2.45, 2.75) is 14.1 Å². The van der Waals surface area contributed by atoms with Crippen LogP contribution in [0.1, 0.15) is 0 Å². The second-order valence-electron chi connectivity index (χ2n) is 3.88. The van der Waals surface area contributed by atoms with Gasteiger partial charge >= 0.3 is 11.9 Å². The molecule has 0 fully saturated rings. The number of carbonyl (C=O) groups is 2. The number of aliphatic carboxylic acids is 2. The van der Waals surface area contributed by atoms with Gasteiger partial charge < -0.3 is 10.2 Å². The number of rotatable bonds is 2. The van der Waals surface area contributed by atoms with E-state index in [9.17, 15) is 9.59 Å². The Kier molecular flexibility index (Phi) is 3.35. The number of hydrogen-bond donors (Lipinski definition) is 2. The average Bonchev–Trinajstić information content (AvgIpc) is 2.48. The van der Waals surface area contributed by atoms with Crippen LogP contribution in [0.2, 0.25) is 0 Å². The van der Waals surface area contributed by atoms with Crippen LogP contribution >= 0.6 is 69.6 Å². The first kappa shape index (κ1) is 15.5. The van der Waals surface area contributed by atoms with E-state index in [0.29, 0.717) is 0 Å². The molecule has 19 heavy (non-hydrogen) atoms. The van der Waals surface area contributed by atoms with E-state index in [-0.39, 0.29) is 0 Å². The molecule has 0 aliphatic heterocycles. The van der Waals surface area contributed by atoms with E-state index in [1.165, 1.54) is 0 Å². The van der Waals surface area contributed by atoms with Crippen molar-refractivity contribution in [1.82, 2.24) is 0 Å². The van der Waals surface area contributed by atoms with Crippen molar-refractivity contribution in [2.24, 2.45) is 0 Å². The number of halogens is 6. The monoisotopic (exact) mass is 384 g/mol. The molecule has 0 amide bonds. The molecule has 2 N–H and O–H groups in total. The van der Waals surface area contributed by atoms with Gasteiger partial charge in [0.2, 0.25) is 0 Å². The van der Waals surface area contributed by atoms with Crippen molar-refractivity contribution in [1.29, 1.82) is 0 Å². The van der Waals surface area contributed by atoms with Crippen molar-refractivity contribution < 1.29 is 19.8 Å². The van der Waals surface area contributed by atoms with E-state index in [0.717, 1.165) is 0 Å². The highest BCUT2D eigenvalue weighted by Crippen LogP contribution is 2.74. The summed E-state index contributed by atoms with van der Waals surface area (Å²) in [6.45, 7) is 0. The highest BCUT2D eigenvalue weighted by Gasteiger charge is 2.80. The predicted octanol–water partition coefficient (Wildman–Crippen LogP) is 3.30. The fourth-order valence-corrected chi connectivity index (χ4v) is 4.88. The summed E-state index contributed by atoms with van der Waals surface area (Å²) in [7, 11) is 0. The highest BCUT2D eigenvalue weighted by molar-refractivity contribution is 6.68. The molecule has 0 heterocycles. The molecule has 0 aromatic heterocycles. The first-order valence-electron chi connectivity index (χ1n) is 4.49. The minimum absolute atomic E-state index is 0.404. The molecule has 2 unspecified atom stereocenters. The maximum Gasteiger partial charge on any atom is 0.334 e. The van der Waals surface area contributed by atoms with Crippen LogP contribution in [0.3, 0.4) is 0 Å². The van der Waals surface area contributed by atoms with Gasteiger partial charge in [-0.25, -0.2) is 9.59 Å². The lowest BCUT2D eigenvalue weighted by molar-refractivity contribution is -0.136. The molecular formula is C9H2Cl6O4.